The van der Waals surface area contributed by atoms with Crippen molar-refractivity contribution in [3.05, 3.63) is 84.4 Å². The molecule has 1 saturated heterocycles. The molecule has 7 nitrogen and oxygen atoms in total. The van der Waals surface area contributed by atoms with Gasteiger partial charge in [-0.3, -0.25) is 9.10 Å². The number of anilines is 2. The third-order valence-electron chi connectivity index (χ3n) is 5.87. The number of carbonyl (C=O) groups is 1. The van der Waals surface area contributed by atoms with E-state index in [-0.39, 0.29) is 22.3 Å². The highest BCUT2D eigenvalue weighted by Crippen LogP contribution is 2.27. The number of hydrogen-bond donors (Lipinski definition) is 0. The van der Waals surface area contributed by atoms with Crippen molar-refractivity contribution in [2.75, 3.05) is 49.0 Å². The molecule has 3 aromatic rings. The lowest BCUT2D eigenvalue weighted by molar-refractivity contribution is -0.129. The van der Waals surface area contributed by atoms with E-state index in [1.165, 1.54) is 25.3 Å². The van der Waals surface area contributed by atoms with E-state index in [1.54, 1.807) is 47.4 Å². The number of halogens is 2. The number of amides is 1. The number of para-hydroxylation sites is 1. The molecule has 0 unspecified atom stereocenters. The lowest BCUT2D eigenvalue weighted by atomic mass is 10.2. The second kappa shape index (κ2) is 10.3. The Labute approximate surface area is 203 Å². The maximum atomic E-state index is 14.1. The van der Waals surface area contributed by atoms with E-state index in [9.17, 15) is 22.0 Å². The second-order valence-electron chi connectivity index (χ2n) is 7.98. The van der Waals surface area contributed by atoms with Gasteiger partial charge in [0.15, 0.2) is 0 Å². The SMILES string of the molecule is COc1ccc(N(CC(=O)N2CCN(c3ccccc3F)CC2)S(=O)(=O)c2ccc(F)cc2)cc1. The first-order valence-corrected chi connectivity index (χ1v) is 12.4. The molecule has 1 amide bonds. The Balaban J connectivity index is 1.54. The van der Waals surface area contributed by atoms with Crippen LogP contribution in [0.25, 0.3) is 0 Å². The van der Waals surface area contributed by atoms with Crippen LogP contribution in [0.3, 0.4) is 0 Å². The summed E-state index contributed by atoms with van der Waals surface area (Å²) in [5, 5.41) is 0. The molecule has 0 radical (unpaired) electrons. The first-order valence-electron chi connectivity index (χ1n) is 11.0. The van der Waals surface area contributed by atoms with Crippen LogP contribution in [0.1, 0.15) is 0 Å². The van der Waals surface area contributed by atoms with E-state index < -0.39 is 22.4 Å². The summed E-state index contributed by atoms with van der Waals surface area (Å²) >= 11 is 0. The van der Waals surface area contributed by atoms with Crippen molar-refractivity contribution in [3.63, 3.8) is 0 Å². The molecule has 0 aromatic heterocycles. The number of benzene rings is 3. The predicted molar refractivity (Wildman–Crippen MR) is 129 cm³/mol. The van der Waals surface area contributed by atoms with E-state index in [0.29, 0.717) is 37.6 Å². The zero-order valence-electron chi connectivity index (χ0n) is 19.1. The molecule has 0 spiro atoms. The van der Waals surface area contributed by atoms with E-state index >= 15 is 0 Å². The highest BCUT2D eigenvalue weighted by molar-refractivity contribution is 7.92. The molecule has 184 valence electrons. The molecule has 10 heteroatoms. The number of ether oxygens (including phenoxy) is 1. The number of nitrogens with zero attached hydrogens (tertiary/aromatic N) is 3. The van der Waals surface area contributed by atoms with Crippen molar-refractivity contribution in [1.82, 2.24) is 4.90 Å². The smallest absolute Gasteiger partial charge is 0.264 e. The molecule has 0 N–H and O–H groups in total. The second-order valence-corrected chi connectivity index (χ2v) is 9.85. The van der Waals surface area contributed by atoms with Crippen LogP contribution in [0.4, 0.5) is 20.2 Å². The first kappa shape index (κ1) is 24.5. The topological polar surface area (TPSA) is 70.2 Å². The summed E-state index contributed by atoms with van der Waals surface area (Å²) in [5.74, 6) is -0.754. The van der Waals surface area contributed by atoms with Gasteiger partial charge in [-0.05, 0) is 60.7 Å². The largest absolute Gasteiger partial charge is 0.497 e. The minimum Gasteiger partial charge on any atom is -0.497 e. The van der Waals surface area contributed by atoms with Gasteiger partial charge in [0.1, 0.15) is 23.9 Å². The van der Waals surface area contributed by atoms with Gasteiger partial charge in [0, 0.05) is 26.2 Å². The number of carbonyl (C=O) groups excluding carboxylic acids is 1. The van der Waals surface area contributed by atoms with Crippen LogP contribution in [0.2, 0.25) is 0 Å². The summed E-state index contributed by atoms with van der Waals surface area (Å²) < 4.78 is 60.6. The van der Waals surface area contributed by atoms with Gasteiger partial charge in [0.25, 0.3) is 10.0 Å². The van der Waals surface area contributed by atoms with E-state index in [1.807, 2.05) is 4.90 Å². The lowest BCUT2D eigenvalue weighted by Crippen LogP contribution is -2.52. The quantitative estimate of drug-likeness (QED) is 0.496. The fourth-order valence-electron chi connectivity index (χ4n) is 3.93. The average molecular weight is 502 g/mol. The Morgan fingerprint density at radius 3 is 2.14 bits per heavy atom. The average Bonchev–Trinajstić information content (AvgIpc) is 2.88. The zero-order valence-corrected chi connectivity index (χ0v) is 19.9. The van der Waals surface area contributed by atoms with Crippen LogP contribution in [-0.4, -0.2) is 59.1 Å². The highest BCUT2D eigenvalue weighted by Gasteiger charge is 2.30. The van der Waals surface area contributed by atoms with Crippen LogP contribution in [-0.2, 0) is 14.8 Å². The van der Waals surface area contributed by atoms with Crippen LogP contribution >= 0.6 is 0 Å². The van der Waals surface area contributed by atoms with Gasteiger partial charge >= 0.3 is 0 Å². The number of hydrogen-bond acceptors (Lipinski definition) is 5. The van der Waals surface area contributed by atoms with Crippen molar-refractivity contribution < 1.29 is 26.7 Å². The Kier molecular flexibility index (Phi) is 7.20. The summed E-state index contributed by atoms with van der Waals surface area (Å²) in [6.45, 7) is 1.03. The number of piperazine rings is 1. The molecular weight excluding hydrogens is 476 g/mol. The molecule has 1 aliphatic rings. The monoisotopic (exact) mass is 501 g/mol. The molecular formula is C25H25F2N3O4S. The third-order valence-corrected chi connectivity index (χ3v) is 7.65. The summed E-state index contributed by atoms with van der Waals surface area (Å²) in [4.78, 5) is 16.5. The standard InChI is InChI=1S/C25H25F2N3O4S/c1-34-21-10-8-20(9-11-21)30(35(32,33)22-12-6-19(26)7-13-22)18-25(31)29-16-14-28(15-17-29)24-5-3-2-4-23(24)27/h2-13H,14-18H2,1H3. The normalized spacial score (nSPS) is 14.0. The van der Waals surface area contributed by atoms with E-state index in [2.05, 4.69) is 0 Å². The molecule has 0 atom stereocenters. The van der Waals surface area contributed by atoms with Crippen LogP contribution in [0, 0.1) is 11.6 Å². The fourth-order valence-corrected chi connectivity index (χ4v) is 5.34. The summed E-state index contributed by atoms with van der Waals surface area (Å²) in [5.41, 5.74) is 0.742. The molecule has 0 saturated carbocycles. The maximum absolute atomic E-state index is 14.1. The number of methoxy groups -OCH3 is 1. The minimum absolute atomic E-state index is 0.133. The third kappa shape index (κ3) is 5.37. The summed E-state index contributed by atoms with van der Waals surface area (Å²) in [6.07, 6.45) is 0. The molecule has 4 rings (SSSR count). The Morgan fingerprint density at radius 2 is 1.54 bits per heavy atom. The van der Waals surface area contributed by atoms with Crippen molar-refractivity contribution >= 4 is 27.3 Å². The van der Waals surface area contributed by atoms with Gasteiger partial charge in [0.2, 0.25) is 5.91 Å². The summed E-state index contributed by atoms with van der Waals surface area (Å²) in [6, 6.07) is 17.2. The Bertz CT molecular complexity index is 1280. The first-order chi connectivity index (χ1) is 16.8. The predicted octanol–water partition coefficient (Wildman–Crippen LogP) is 3.52. The van der Waals surface area contributed by atoms with Crippen molar-refractivity contribution in [1.29, 1.82) is 0 Å². The molecule has 0 aliphatic carbocycles. The molecule has 1 heterocycles. The van der Waals surface area contributed by atoms with Gasteiger partial charge < -0.3 is 14.5 Å². The zero-order chi connectivity index (χ0) is 25.0. The number of sulfonamides is 1. The lowest BCUT2D eigenvalue weighted by Gasteiger charge is -2.37. The fraction of sp³-hybridized carbons (Fsp3) is 0.240. The molecule has 0 bridgehead atoms. The Morgan fingerprint density at radius 1 is 0.914 bits per heavy atom. The molecule has 35 heavy (non-hydrogen) atoms. The van der Waals surface area contributed by atoms with E-state index in [4.69, 9.17) is 4.74 Å². The van der Waals surface area contributed by atoms with Crippen LogP contribution in [0.5, 0.6) is 5.75 Å². The molecule has 1 aliphatic heterocycles. The van der Waals surface area contributed by atoms with Gasteiger partial charge in [-0.15, -0.1) is 0 Å². The summed E-state index contributed by atoms with van der Waals surface area (Å²) in [7, 11) is -2.67. The number of rotatable bonds is 7. The minimum atomic E-state index is -4.17. The molecule has 1 fully saturated rings. The van der Waals surface area contributed by atoms with Gasteiger partial charge in [0.05, 0.1) is 23.4 Å². The van der Waals surface area contributed by atoms with Gasteiger partial charge in [-0.1, -0.05) is 12.1 Å². The van der Waals surface area contributed by atoms with Crippen LogP contribution < -0.4 is 13.9 Å². The highest BCUT2D eigenvalue weighted by atomic mass is 32.2. The van der Waals surface area contributed by atoms with Gasteiger partial charge in [-0.2, -0.15) is 0 Å². The van der Waals surface area contributed by atoms with Gasteiger partial charge in [-0.25, -0.2) is 17.2 Å². The Hall–Kier alpha value is -3.66. The van der Waals surface area contributed by atoms with Crippen molar-refractivity contribution in [3.8, 4) is 5.75 Å². The van der Waals surface area contributed by atoms with Crippen molar-refractivity contribution in [2.45, 2.75) is 4.90 Å². The van der Waals surface area contributed by atoms with Crippen molar-refractivity contribution in [2.24, 2.45) is 0 Å². The molecule has 3 aromatic carbocycles. The maximum Gasteiger partial charge on any atom is 0.264 e. The van der Waals surface area contributed by atoms with Crippen LogP contribution in [0.15, 0.2) is 77.7 Å². The van der Waals surface area contributed by atoms with E-state index in [0.717, 1.165) is 16.4 Å².